The fraction of sp³-hybridized carbons (Fsp3) is 1.00. The summed E-state index contributed by atoms with van der Waals surface area (Å²) >= 11 is 0. The van der Waals surface area contributed by atoms with Gasteiger partial charge in [0, 0.05) is 30.6 Å². The number of likely N-dealkylation sites (N-methyl/N-ethyl adjacent to an activating group) is 1. The van der Waals surface area contributed by atoms with Gasteiger partial charge in [-0.1, -0.05) is 6.92 Å². The maximum absolute atomic E-state index is 9.37. The summed E-state index contributed by atoms with van der Waals surface area (Å²) in [6, 6.07) is 1.42. The normalized spacial score (nSPS) is 31.8. The predicted molar refractivity (Wildman–Crippen MR) is 67.9 cm³/mol. The van der Waals surface area contributed by atoms with Gasteiger partial charge in [0.1, 0.15) is 0 Å². The van der Waals surface area contributed by atoms with Crippen LogP contribution in [0.4, 0.5) is 0 Å². The molecule has 0 aromatic heterocycles. The lowest BCUT2D eigenvalue weighted by atomic mass is 9.91. The number of aliphatic hydroxyl groups is 2. The smallest absolute Gasteiger partial charge is 0.0519 e. The van der Waals surface area contributed by atoms with E-state index < -0.39 is 0 Å². The number of hydrogen-bond acceptors (Lipinski definition) is 4. The molecule has 2 N–H and O–H groups in total. The second-order valence-corrected chi connectivity index (χ2v) is 6.20. The van der Waals surface area contributed by atoms with E-state index in [0.29, 0.717) is 6.04 Å². The first kappa shape index (κ1) is 13.3. The molecule has 2 atom stereocenters. The quantitative estimate of drug-likeness (QED) is 0.736. The summed E-state index contributed by atoms with van der Waals surface area (Å²) in [6.07, 6.45) is 3.86. The number of nitrogens with zero attached hydrogens (tertiary/aromatic N) is 2. The topological polar surface area (TPSA) is 46.9 Å². The van der Waals surface area contributed by atoms with Crippen molar-refractivity contribution in [1.29, 1.82) is 0 Å². The summed E-state index contributed by atoms with van der Waals surface area (Å²) < 4.78 is 0. The van der Waals surface area contributed by atoms with Crippen LogP contribution in [0.25, 0.3) is 0 Å². The van der Waals surface area contributed by atoms with E-state index in [9.17, 15) is 10.2 Å². The van der Waals surface area contributed by atoms with Gasteiger partial charge in [0.25, 0.3) is 0 Å². The van der Waals surface area contributed by atoms with Crippen LogP contribution in [0.2, 0.25) is 0 Å². The number of hydrogen-bond donors (Lipinski definition) is 2. The van der Waals surface area contributed by atoms with E-state index in [1.165, 1.54) is 19.3 Å². The van der Waals surface area contributed by atoms with Crippen LogP contribution in [0.1, 0.15) is 26.2 Å². The zero-order valence-electron chi connectivity index (χ0n) is 11.1. The van der Waals surface area contributed by atoms with Crippen LogP contribution in [0, 0.1) is 5.41 Å². The van der Waals surface area contributed by atoms with E-state index in [2.05, 4.69) is 16.8 Å². The Hall–Kier alpha value is -0.160. The molecule has 0 saturated carbocycles. The van der Waals surface area contributed by atoms with Gasteiger partial charge in [0.05, 0.1) is 13.2 Å². The highest BCUT2D eigenvalue weighted by Crippen LogP contribution is 2.29. The van der Waals surface area contributed by atoms with E-state index in [1.807, 2.05) is 6.92 Å². The Morgan fingerprint density at radius 3 is 2.41 bits per heavy atom. The molecule has 2 saturated heterocycles. The molecule has 2 fully saturated rings. The predicted octanol–water partition coefficient (Wildman–Crippen LogP) is 0.146. The first-order chi connectivity index (χ1) is 8.08. The summed E-state index contributed by atoms with van der Waals surface area (Å²) in [4.78, 5) is 4.95. The van der Waals surface area contributed by atoms with Crippen LogP contribution in [-0.4, -0.2) is 72.0 Å². The highest BCUT2D eigenvalue weighted by molar-refractivity contribution is 4.92. The first-order valence-corrected chi connectivity index (χ1v) is 6.74. The van der Waals surface area contributed by atoms with Crippen molar-refractivity contribution in [3.8, 4) is 0 Å². The van der Waals surface area contributed by atoms with Gasteiger partial charge in [-0.25, -0.2) is 0 Å². The minimum Gasteiger partial charge on any atom is -0.396 e. The molecule has 17 heavy (non-hydrogen) atoms. The molecular formula is C13H26N2O2. The second kappa shape index (κ2) is 5.22. The Kier molecular flexibility index (Phi) is 4.08. The third-order valence-electron chi connectivity index (χ3n) is 4.60. The van der Waals surface area contributed by atoms with Gasteiger partial charge in [0.15, 0.2) is 0 Å². The lowest BCUT2D eigenvalue weighted by Gasteiger charge is -2.33. The Balaban J connectivity index is 1.95. The largest absolute Gasteiger partial charge is 0.396 e. The van der Waals surface area contributed by atoms with E-state index in [1.54, 1.807) is 0 Å². The maximum Gasteiger partial charge on any atom is 0.0519 e. The van der Waals surface area contributed by atoms with Crippen molar-refractivity contribution in [3.63, 3.8) is 0 Å². The molecule has 0 amide bonds. The van der Waals surface area contributed by atoms with E-state index in [-0.39, 0.29) is 18.6 Å². The zero-order valence-corrected chi connectivity index (χ0v) is 11.1. The van der Waals surface area contributed by atoms with Crippen LogP contribution >= 0.6 is 0 Å². The molecule has 0 aromatic carbocycles. The molecule has 4 heteroatoms. The van der Waals surface area contributed by atoms with Crippen molar-refractivity contribution in [1.82, 2.24) is 9.80 Å². The minimum absolute atomic E-state index is 0.0595. The summed E-state index contributed by atoms with van der Waals surface area (Å²) in [5, 5.41) is 18.7. The van der Waals surface area contributed by atoms with Crippen molar-refractivity contribution >= 4 is 0 Å². The standard InChI is InChI=1S/C13H26N2O2/c1-13(9-16,10-17)8-15-6-5-11-3-4-12(7-15)14(11)2/h11-12,16-17H,3-10H2,1-2H3. The molecule has 4 nitrogen and oxygen atoms in total. The Morgan fingerprint density at radius 1 is 1.12 bits per heavy atom. The molecule has 2 aliphatic rings. The van der Waals surface area contributed by atoms with Gasteiger partial charge in [-0.15, -0.1) is 0 Å². The van der Waals surface area contributed by atoms with E-state index >= 15 is 0 Å². The average molecular weight is 242 g/mol. The molecule has 100 valence electrons. The molecule has 0 radical (unpaired) electrons. The summed E-state index contributed by atoms with van der Waals surface area (Å²) in [5.74, 6) is 0. The van der Waals surface area contributed by atoms with Crippen LogP contribution < -0.4 is 0 Å². The van der Waals surface area contributed by atoms with Crippen LogP contribution in [0.5, 0.6) is 0 Å². The van der Waals surface area contributed by atoms with Crippen molar-refractivity contribution in [2.45, 2.75) is 38.3 Å². The van der Waals surface area contributed by atoms with Gasteiger partial charge < -0.3 is 15.1 Å². The summed E-state index contributed by atoms with van der Waals surface area (Å²) in [5.41, 5.74) is -0.359. The number of aliphatic hydroxyl groups excluding tert-OH is 2. The molecule has 0 aromatic rings. The number of fused-ring (bicyclic) bond motifs is 2. The lowest BCUT2D eigenvalue weighted by Crippen LogP contribution is -2.44. The molecule has 2 unspecified atom stereocenters. The van der Waals surface area contributed by atoms with Gasteiger partial charge in [-0.05, 0) is 32.9 Å². The Labute approximate surface area is 104 Å². The van der Waals surface area contributed by atoms with E-state index in [0.717, 1.165) is 25.7 Å². The number of rotatable bonds is 4. The summed E-state index contributed by atoms with van der Waals surface area (Å²) in [6.45, 7) is 5.06. The monoisotopic (exact) mass is 242 g/mol. The molecule has 0 spiro atoms. The molecular weight excluding hydrogens is 216 g/mol. The average Bonchev–Trinajstić information content (AvgIpc) is 2.57. The molecule has 2 heterocycles. The molecule has 2 aliphatic heterocycles. The number of likely N-dealkylation sites (tertiary alicyclic amines) is 1. The van der Waals surface area contributed by atoms with Crippen LogP contribution in [0.3, 0.4) is 0 Å². The summed E-state index contributed by atoms with van der Waals surface area (Å²) in [7, 11) is 2.24. The van der Waals surface area contributed by atoms with Crippen molar-refractivity contribution in [2.24, 2.45) is 5.41 Å². The highest BCUT2D eigenvalue weighted by atomic mass is 16.3. The maximum atomic E-state index is 9.37. The fourth-order valence-corrected chi connectivity index (χ4v) is 3.21. The molecule has 0 aliphatic carbocycles. The van der Waals surface area contributed by atoms with Crippen molar-refractivity contribution in [3.05, 3.63) is 0 Å². The molecule has 2 bridgehead atoms. The Bertz CT molecular complexity index is 256. The lowest BCUT2D eigenvalue weighted by molar-refractivity contribution is 0.0328. The fourth-order valence-electron chi connectivity index (χ4n) is 3.21. The van der Waals surface area contributed by atoms with Crippen LogP contribution in [-0.2, 0) is 0 Å². The van der Waals surface area contributed by atoms with Gasteiger partial charge in [-0.2, -0.15) is 0 Å². The van der Waals surface area contributed by atoms with Gasteiger partial charge in [-0.3, -0.25) is 4.90 Å². The SMILES string of the molecule is CN1C2CCC1CN(CC(C)(CO)CO)CC2. The van der Waals surface area contributed by atoms with Crippen molar-refractivity contribution < 1.29 is 10.2 Å². The highest BCUT2D eigenvalue weighted by Gasteiger charge is 2.36. The zero-order chi connectivity index (χ0) is 12.5. The van der Waals surface area contributed by atoms with Crippen molar-refractivity contribution in [2.75, 3.05) is 39.9 Å². The first-order valence-electron chi connectivity index (χ1n) is 6.74. The van der Waals surface area contributed by atoms with Gasteiger partial charge >= 0.3 is 0 Å². The van der Waals surface area contributed by atoms with E-state index in [4.69, 9.17) is 0 Å². The minimum atomic E-state index is -0.359. The molecule has 2 rings (SSSR count). The third kappa shape index (κ3) is 2.81. The van der Waals surface area contributed by atoms with Gasteiger partial charge in [0.2, 0.25) is 0 Å². The second-order valence-electron chi connectivity index (χ2n) is 6.20. The third-order valence-corrected chi connectivity index (χ3v) is 4.60. The van der Waals surface area contributed by atoms with Crippen LogP contribution in [0.15, 0.2) is 0 Å². The Morgan fingerprint density at radius 2 is 1.76 bits per heavy atom.